The topological polar surface area (TPSA) is 107 Å². The number of nitrogens with one attached hydrogen (secondary N) is 2. The molecule has 3 rings (SSSR count). The van der Waals surface area contributed by atoms with Gasteiger partial charge >= 0.3 is 0 Å². The highest BCUT2D eigenvalue weighted by Crippen LogP contribution is 2.22. The Bertz CT molecular complexity index is 858. The lowest BCUT2D eigenvalue weighted by atomic mass is 10.1. The van der Waals surface area contributed by atoms with Crippen molar-refractivity contribution < 1.29 is 27.1 Å². The smallest absolute Gasteiger partial charge is 0.241 e. The van der Waals surface area contributed by atoms with E-state index in [1.807, 2.05) is 0 Å². The van der Waals surface area contributed by atoms with Gasteiger partial charge in [-0.05, 0) is 49.2 Å². The fraction of sp³-hybridized carbons (Fsp3) is 0.421. The predicted molar refractivity (Wildman–Crippen MR) is 101 cm³/mol. The normalized spacial score (nSPS) is 18.0. The van der Waals surface area contributed by atoms with Gasteiger partial charge in [0.2, 0.25) is 15.9 Å². The summed E-state index contributed by atoms with van der Waals surface area (Å²) in [6.45, 7) is 1.12. The number of rotatable bonds is 9. The second kappa shape index (κ2) is 9.22. The van der Waals surface area contributed by atoms with E-state index in [0.717, 1.165) is 12.8 Å². The van der Waals surface area contributed by atoms with Crippen LogP contribution in [0.5, 0.6) is 5.75 Å². The molecule has 0 saturated carbocycles. The predicted octanol–water partition coefficient (Wildman–Crippen LogP) is 1.99. The van der Waals surface area contributed by atoms with Crippen LogP contribution in [0.15, 0.2) is 52.0 Å². The van der Waals surface area contributed by atoms with Gasteiger partial charge in [-0.2, -0.15) is 4.72 Å². The van der Waals surface area contributed by atoms with E-state index >= 15 is 0 Å². The maximum atomic E-state index is 12.7. The number of carbonyl (C=O) groups is 1. The van der Waals surface area contributed by atoms with Crippen LogP contribution in [0.25, 0.3) is 0 Å². The maximum absolute atomic E-state index is 12.7. The highest BCUT2D eigenvalue weighted by molar-refractivity contribution is 7.89. The minimum atomic E-state index is -3.86. The van der Waals surface area contributed by atoms with Crippen LogP contribution >= 0.6 is 0 Å². The van der Waals surface area contributed by atoms with Gasteiger partial charge in [0.05, 0.1) is 36.8 Å². The summed E-state index contributed by atoms with van der Waals surface area (Å²) >= 11 is 0. The molecule has 2 N–H and O–H groups in total. The maximum Gasteiger partial charge on any atom is 0.241 e. The molecule has 8 nitrogen and oxygen atoms in total. The molecule has 0 aliphatic carbocycles. The number of amides is 1. The third-order valence-electron chi connectivity index (χ3n) is 4.49. The first-order chi connectivity index (χ1) is 13.5. The molecule has 0 bridgehead atoms. The summed E-state index contributed by atoms with van der Waals surface area (Å²) in [5.74, 6) is 0.633. The second-order valence-corrected chi connectivity index (χ2v) is 8.22. The van der Waals surface area contributed by atoms with Crippen molar-refractivity contribution in [2.75, 3.05) is 20.3 Å². The number of ether oxygens (including phenoxy) is 2. The van der Waals surface area contributed by atoms with Gasteiger partial charge in [0.1, 0.15) is 11.5 Å². The summed E-state index contributed by atoms with van der Waals surface area (Å²) in [5, 5.41) is 2.80. The highest BCUT2D eigenvalue weighted by atomic mass is 32.2. The zero-order chi connectivity index (χ0) is 20.0. The molecular weight excluding hydrogens is 384 g/mol. The van der Waals surface area contributed by atoms with Crippen LogP contribution in [0, 0.1) is 0 Å². The Morgan fingerprint density at radius 3 is 2.68 bits per heavy atom. The van der Waals surface area contributed by atoms with E-state index in [4.69, 9.17) is 13.9 Å². The van der Waals surface area contributed by atoms with Crippen LogP contribution in [0.3, 0.4) is 0 Å². The minimum Gasteiger partial charge on any atom is -0.497 e. The quantitative estimate of drug-likeness (QED) is 0.657. The number of carbonyl (C=O) groups excluding carboxylic acids is 1. The average molecular weight is 408 g/mol. The summed E-state index contributed by atoms with van der Waals surface area (Å²) in [5.41, 5.74) is 0. The first-order valence-electron chi connectivity index (χ1n) is 9.06. The van der Waals surface area contributed by atoms with Gasteiger partial charge < -0.3 is 19.2 Å². The van der Waals surface area contributed by atoms with Gasteiger partial charge in [0.15, 0.2) is 0 Å². The molecule has 1 amide bonds. The Morgan fingerprint density at radius 2 is 2.07 bits per heavy atom. The van der Waals surface area contributed by atoms with Crippen molar-refractivity contribution in [1.82, 2.24) is 10.0 Å². The fourth-order valence-corrected chi connectivity index (χ4v) is 4.20. The number of hydrogen-bond acceptors (Lipinski definition) is 6. The van der Waals surface area contributed by atoms with Gasteiger partial charge in [-0.25, -0.2) is 8.42 Å². The minimum absolute atomic E-state index is 0.0157. The largest absolute Gasteiger partial charge is 0.497 e. The SMILES string of the molecule is COc1ccc(S(=O)(=O)N[C@@H](CC(=O)NC[C@@H]2CCCO2)c2ccco2)cc1. The van der Waals surface area contributed by atoms with Crippen LogP contribution in [0.2, 0.25) is 0 Å². The average Bonchev–Trinajstić information content (AvgIpc) is 3.39. The molecule has 0 spiro atoms. The van der Waals surface area contributed by atoms with E-state index in [2.05, 4.69) is 10.0 Å². The van der Waals surface area contributed by atoms with Crippen molar-refractivity contribution in [3.05, 3.63) is 48.4 Å². The second-order valence-electron chi connectivity index (χ2n) is 6.51. The monoisotopic (exact) mass is 408 g/mol. The molecule has 0 radical (unpaired) electrons. The van der Waals surface area contributed by atoms with Crippen molar-refractivity contribution in [3.8, 4) is 5.75 Å². The van der Waals surface area contributed by atoms with E-state index < -0.39 is 16.1 Å². The molecular formula is C19H24N2O6S. The number of hydrogen-bond donors (Lipinski definition) is 2. The first-order valence-corrected chi connectivity index (χ1v) is 10.5. The van der Waals surface area contributed by atoms with E-state index in [9.17, 15) is 13.2 Å². The van der Waals surface area contributed by atoms with Crippen molar-refractivity contribution in [2.24, 2.45) is 0 Å². The summed E-state index contributed by atoms with van der Waals surface area (Å²) in [4.78, 5) is 12.4. The molecule has 2 atom stereocenters. The number of methoxy groups -OCH3 is 1. The third kappa shape index (κ3) is 5.34. The van der Waals surface area contributed by atoms with Crippen molar-refractivity contribution >= 4 is 15.9 Å². The molecule has 152 valence electrons. The summed E-state index contributed by atoms with van der Waals surface area (Å²) in [6, 6.07) is 8.46. The van der Waals surface area contributed by atoms with Crippen LogP contribution in [-0.4, -0.2) is 40.7 Å². The third-order valence-corrected chi connectivity index (χ3v) is 5.98. The van der Waals surface area contributed by atoms with Gasteiger partial charge in [0.25, 0.3) is 0 Å². The van der Waals surface area contributed by atoms with Gasteiger partial charge in [-0.1, -0.05) is 0 Å². The zero-order valence-electron chi connectivity index (χ0n) is 15.6. The van der Waals surface area contributed by atoms with Crippen molar-refractivity contribution in [2.45, 2.75) is 36.3 Å². The Kier molecular flexibility index (Phi) is 6.71. The molecule has 2 heterocycles. The van der Waals surface area contributed by atoms with Crippen LogP contribution in [0.4, 0.5) is 0 Å². The molecule has 1 aromatic heterocycles. The summed E-state index contributed by atoms with van der Waals surface area (Å²) < 4.78 is 43.9. The Morgan fingerprint density at radius 1 is 1.29 bits per heavy atom. The van der Waals surface area contributed by atoms with Crippen LogP contribution < -0.4 is 14.8 Å². The standard InChI is InChI=1S/C19H24N2O6S/c1-25-14-6-8-16(9-7-14)28(23,24)21-17(18-5-3-11-27-18)12-19(22)20-13-15-4-2-10-26-15/h3,5-9,11,15,17,21H,2,4,10,12-13H2,1H3,(H,20,22)/t15-,17-/m0/s1. The van der Waals surface area contributed by atoms with Gasteiger partial charge in [-0.3, -0.25) is 4.79 Å². The number of benzene rings is 1. The molecule has 1 aliphatic heterocycles. The van der Waals surface area contributed by atoms with Crippen molar-refractivity contribution in [1.29, 1.82) is 0 Å². The lowest BCUT2D eigenvalue weighted by Gasteiger charge is -2.18. The first kappa shape index (κ1) is 20.4. The summed E-state index contributed by atoms with van der Waals surface area (Å²) in [6.07, 6.45) is 3.26. The van der Waals surface area contributed by atoms with E-state index in [0.29, 0.717) is 24.7 Å². The Labute approximate surface area is 164 Å². The molecule has 9 heteroatoms. The lowest BCUT2D eigenvalue weighted by molar-refractivity contribution is -0.122. The van der Waals surface area contributed by atoms with Crippen LogP contribution in [0.1, 0.15) is 31.1 Å². The Balaban J connectivity index is 1.68. The van der Waals surface area contributed by atoms with Gasteiger partial charge in [-0.15, -0.1) is 0 Å². The zero-order valence-corrected chi connectivity index (χ0v) is 16.4. The molecule has 0 unspecified atom stereocenters. The molecule has 1 aromatic carbocycles. The van der Waals surface area contributed by atoms with E-state index in [1.165, 1.54) is 25.5 Å². The van der Waals surface area contributed by atoms with Gasteiger partial charge in [0, 0.05) is 13.2 Å². The molecule has 1 saturated heterocycles. The Hall–Kier alpha value is -2.36. The van der Waals surface area contributed by atoms with Crippen LogP contribution in [-0.2, 0) is 19.6 Å². The van der Waals surface area contributed by atoms with E-state index in [1.54, 1.807) is 24.3 Å². The number of furan rings is 1. The van der Waals surface area contributed by atoms with Crippen molar-refractivity contribution in [3.63, 3.8) is 0 Å². The van der Waals surface area contributed by atoms with E-state index in [-0.39, 0.29) is 23.3 Å². The highest BCUT2D eigenvalue weighted by Gasteiger charge is 2.26. The molecule has 28 heavy (non-hydrogen) atoms. The lowest BCUT2D eigenvalue weighted by Crippen LogP contribution is -2.36. The fourth-order valence-electron chi connectivity index (χ4n) is 2.99. The summed E-state index contributed by atoms with van der Waals surface area (Å²) in [7, 11) is -2.35. The number of sulfonamides is 1. The molecule has 2 aromatic rings. The molecule has 1 fully saturated rings. The molecule has 1 aliphatic rings.